The molecule has 0 radical (unpaired) electrons. The summed E-state index contributed by atoms with van der Waals surface area (Å²) in [6.07, 6.45) is 2.64. The minimum absolute atomic E-state index is 0.165. The summed E-state index contributed by atoms with van der Waals surface area (Å²) in [7, 11) is 4.96. The van der Waals surface area contributed by atoms with Gasteiger partial charge in [-0.25, -0.2) is 0 Å². The van der Waals surface area contributed by atoms with Crippen molar-refractivity contribution in [1.29, 1.82) is 0 Å². The van der Waals surface area contributed by atoms with E-state index >= 15 is 0 Å². The van der Waals surface area contributed by atoms with Crippen molar-refractivity contribution in [2.45, 2.75) is 38.8 Å². The first kappa shape index (κ1) is 15.0. The van der Waals surface area contributed by atoms with E-state index in [4.69, 9.17) is 14.2 Å². The van der Waals surface area contributed by atoms with Gasteiger partial charge in [-0.3, -0.25) is 0 Å². The summed E-state index contributed by atoms with van der Waals surface area (Å²) in [6.45, 7) is 5.28. The van der Waals surface area contributed by atoms with Crippen molar-refractivity contribution in [1.82, 2.24) is 5.32 Å². The molecule has 1 fully saturated rings. The molecule has 112 valence electrons. The summed E-state index contributed by atoms with van der Waals surface area (Å²) in [5.74, 6) is 3.03. The average Bonchev–Trinajstić information content (AvgIpc) is 3.29. The van der Waals surface area contributed by atoms with Crippen LogP contribution in [0, 0.1) is 5.92 Å². The van der Waals surface area contributed by atoms with E-state index in [1.54, 1.807) is 21.3 Å². The van der Waals surface area contributed by atoms with Gasteiger partial charge < -0.3 is 19.5 Å². The monoisotopic (exact) mass is 279 g/mol. The van der Waals surface area contributed by atoms with Crippen LogP contribution in [0.15, 0.2) is 12.1 Å². The first-order chi connectivity index (χ1) is 9.51. The molecule has 0 aromatic heterocycles. The van der Waals surface area contributed by atoms with Crippen LogP contribution in [0.4, 0.5) is 0 Å². The third-order valence-electron chi connectivity index (χ3n) is 4.12. The Labute approximate surface area is 121 Å². The lowest BCUT2D eigenvalue weighted by Gasteiger charge is -2.27. The molecule has 1 saturated carbocycles. The number of ether oxygens (including phenoxy) is 3. The van der Waals surface area contributed by atoms with Crippen molar-refractivity contribution in [3.63, 3.8) is 0 Å². The number of hydrogen-bond acceptors (Lipinski definition) is 4. The molecule has 0 saturated heterocycles. The Balaban J connectivity index is 2.17. The van der Waals surface area contributed by atoms with Crippen LogP contribution in [0.3, 0.4) is 0 Å². The fourth-order valence-corrected chi connectivity index (χ4v) is 2.50. The zero-order valence-corrected chi connectivity index (χ0v) is 13.1. The highest BCUT2D eigenvalue weighted by Crippen LogP contribution is 2.40. The molecule has 2 rings (SSSR count). The van der Waals surface area contributed by atoms with Gasteiger partial charge in [0.25, 0.3) is 0 Å². The zero-order chi connectivity index (χ0) is 14.8. The van der Waals surface area contributed by atoms with Crippen LogP contribution in [-0.4, -0.2) is 26.9 Å². The Morgan fingerprint density at radius 2 is 1.55 bits per heavy atom. The topological polar surface area (TPSA) is 39.7 Å². The van der Waals surface area contributed by atoms with Crippen LogP contribution in [0.1, 0.15) is 32.3 Å². The molecule has 20 heavy (non-hydrogen) atoms. The number of rotatable bonds is 7. The largest absolute Gasteiger partial charge is 0.496 e. The molecule has 0 amide bonds. The Kier molecular flexibility index (Phi) is 4.43. The Morgan fingerprint density at radius 3 is 2.05 bits per heavy atom. The molecule has 4 nitrogen and oxygen atoms in total. The van der Waals surface area contributed by atoms with Gasteiger partial charge in [0.05, 0.1) is 21.3 Å². The van der Waals surface area contributed by atoms with Gasteiger partial charge in [0.2, 0.25) is 0 Å². The molecule has 1 N–H and O–H groups in total. The highest BCUT2D eigenvalue weighted by Gasteiger charge is 2.37. The maximum absolute atomic E-state index is 5.45. The van der Waals surface area contributed by atoms with Crippen molar-refractivity contribution in [3.05, 3.63) is 17.7 Å². The molecule has 1 aromatic rings. The van der Waals surface area contributed by atoms with Gasteiger partial charge in [0, 0.05) is 23.7 Å². The highest BCUT2D eigenvalue weighted by atomic mass is 16.5. The summed E-state index contributed by atoms with van der Waals surface area (Å²) in [5, 5.41) is 3.62. The van der Waals surface area contributed by atoms with Gasteiger partial charge >= 0.3 is 0 Å². The van der Waals surface area contributed by atoms with Gasteiger partial charge in [-0.2, -0.15) is 0 Å². The van der Waals surface area contributed by atoms with Gasteiger partial charge in [-0.15, -0.1) is 0 Å². The minimum Gasteiger partial charge on any atom is -0.496 e. The lowest BCUT2D eigenvalue weighted by atomic mass is 9.98. The maximum Gasteiger partial charge on any atom is 0.164 e. The quantitative estimate of drug-likeness (QED) is 0.833. The predicted molar refractivity (Wildman–Crippen MR) is 79.7 cm³/mol. The first-order valence-electron chi connectivity index (χ1n) is 7.05. The third-order valence-corrected chi connectivity index (χ3v) is 4.12. The predicted octanol–water partition coefficient (Wildman–Crippen LogP) is 2.99. The van der Waals surface area contributed by atoms with E-state index in [2.05, 4.69) is 19.2 Å². The number of hydrogen-bond donors (Lipinski definition) is 1. The molecule has 0 spiro atoms. The Hall–Kier alpha value is -1.42. The molecule has 4 heteroatoms. The molecule has 1 aliphatic rings. The highest BCUT2D eigenvalue weighted by molar-refractivity contribution is 5.50. The van der Waals surface area contributed by atoms with Crippen molar-refractivity contribution in [2.24, 2.45) is 5.92 Å². The number of benzene rings is 1. The van der Waals surface area contributed by atoms with E-state index in [1.807, 2.05) is 12.1 Å². The molecule has 0 bridgehead atoms. The summed E-state index contributed by atoms with van der Waals surface area (Å²) in [6, 6.07) is 3.85. The molecule has 0 unspecified atom stereocenters. The van der Waals surface area contributed by atoms with Gasteiger partial charge in [0.15, 0.2) is 11.5 Å². The van der Waals surface area contributed by atoms with E-state index in [9.17, 15) is 0 Å². The molecule has 0 atom stereocenters. The van der Waals surface area contributed by atoms with E-state index in [0.717, 1.165) is 29.5 Å². The summed E-state index contributed by atoms with van der Waals surface area (Å²) >= 11 is 0. The first-order valence-corrected chi connectivity index (χ1v) is 7.05. The Morgan fingerprint density at radius 1 is 1.00 bits per heavy atom. The zero-order valence-electron chi connectivity index (χ0n) is 13.1. The van der Waals surface area contributed by atoms with Crippen LogP contribution in [0.2, 0.25) is 0 Å². The van der Waals surface area contributed by atoms with E-state index in [1.165, 1.54) is 12.8 Å². The smallest absolute Gasteiger partial charge is 0.164 e. The number of methoxy groups -OCH3 is 3. The van der Waals surface area contributed by atoms with Crippen LogP contribution < -0.4 is 19.5 Å². The lowest BCUT2D eigenvalue weighted by molar-refractivity contribution is 0.328. The molecule has 0 heterocycles. The third kappa shape index (κ3) is 3.18. The number of nitrogens with one attached hydrogen (secondary N) is 1. The molecule has 1 aliphatic carbocycles. The molecule has 1 aromatic carbocycles. The fraction of sp³-hybridized carbons (Fsp3) is 0.625. The van der Waals surface area contributed by atoms with E-state index < -0.39 is 0 Å². The van der Waals surface area contributed by atoms with Crippen molar-refractivity contribution in [2.75, 3.05) is 21.3 Å². The second kappa shape index (κ2) is 5.92. The van der Waals surface area contributed by atoms with E-state index in [0.29, 0.717) is 5.75 Å². The lowest BCUT2D eigenvalue weighted by Crippen LogP contribution is -2.40. The molecular formula is C16H25NO3. The average molecular weight is 279 g/mol. The van der Waals surface area contributed by atoms with Crippen LogP contribution in [0.25, 0.3) is 0 Å². The maximum atomic E-state index is 5.45. The normalized spacial score (nSPS) is 15.1. The van der Waals surface area contributed by atoms with Gasteiger partial charge in [-0.05, 0) is 38.7 Å². The second-order valence-electron chi connectivity index (χ2n) is 5.87. The van der Waals surface area contributed by atoms with E-state index in [-0.39, 0.29) is 5.54 Å². The SMILES string of the molecule is COc1cc(OC)c(OC)cc1CNC(C)(C)C1CC1. The fourth-order valence-electron chi connectivity index (χ4n) is 2.50. The van der Waals surface area contributed by atoms with Crippen molar-refractivity contribution >= 4 is 0 Å². The van der Waals surface area contributed by atoms with Gasteiger partial charge in [-0.1, -0.05) is 0 Å². The summed E-state index contributed by atoms with van der Waals surface area (Å²) in [4.78, 5) is 0. The standard InChI is InChI=1S/C16H25NO3/c1-16(2,12-6-7-12)17-10-11-8-14(19-4)15(20-5)9-13(11)18-3/h8-9,12,17H,6-7,10H2,1-5H3. The summed E-state index contributed by atoms with van der Waals surface area (Å²) < 4.78 is 16.1. The summed E-state index contributed by atoms with van der Waals surface area (Å²) in [5.41, 5.74) is 1.25. The van der Waals surface area contributed by atoms with Crippen molar-refractivity contribution < 1.29 is 14.2 Å². The molecule has 0 aliphatic heterocycles. The van der Waals surface area contributed by atoms with Crippen molar-refractivity contribution in [3.8, 4) is 17.2 Å². The second-order valence-corrected chi connectivity index (χ2v) is 5.87. The van der Waals surface area contributed by atoms with Gasteiger partial charge in [0.1, 0.15) is 5.75 Å². The minimum atomic E-state index is 0.165. The van der Waals surface area contributed by atoms with Crippen LogP contribution >= 0.6 is 0 Å². The van der Waals surface area contributed by atoms with Crippen LogP contribution in [0.5, 0.6) is 17.2 Å². The Bertz CT molecular complexity index is 467. The molecular weight excluding hydrogens is 254 g/mol. The van der Waals surface area contributed by atoms with Crippen LogP contribution in [-0.2, 0) is 6.54 Å².